The summed E-state index contributed by atoms with van der Waals surface area (Å²) in [5.41, 5.74) is 2.27. The molecule has 2 aromatic carbocycles. The number of nitrogens with one attached hydrogen (secondary N) is 1. The van der Waals surface area contributed by atoms with Gasteiger partial charge in [-0.15, -0.1) is 0 Å². The van der Waals surface area contributed by atoms with E-state index in [4.69, 9.17) is 4.74 Å². The topological polar surface area (TPSA) is 55.4 Å². The Balaban J connectivity index is 2.14. The normalized spacial score (nSPS) is 11.1. The third kappa shape index (κ3) is 4.49. The Morgan fingerprint density at radius 2 is 1.86 bits per heavy atom. The minimum absolute atomic E-state index is 0.0431. The second-order valence-corrected chi connectivity index (χ2v) is 6.47. The van der Waals surface area contributed by atoms with Gasteiger partial charge in [-0.25, -0.2) is 8.42 Å². The number of rotatable bonds is 6. The molecule has 112 valence electrons. The molecule has 0 aliphatic heterocycles. The van der Waals surface area contributed by atoms with Crippen LogP contribution in [0.2, 0.25) is 0 Å². The summed E-state index contributed by atoms with van der Waals surface area (Å²) in [6.07, 6.45) is 0. The van der Waals surface area contributed by atoms with E-state index in [0.29, 0.717) is 18.0 Å². The van der Waals surface area contributed by atoms with Gasteiger partial charge >= 0.3 is 0 Å². The third-order valence-corrected chi connectivity index (χ3v) is 4.26. The molecule has 21 heavy (non-hydrogen) atoms. The fourth-order valence-electron chi connectivity index (χ4n) is 2.01. The van der Waals surface area contributed by atoms with Crippen LogP contribution < -0.4 is 9.46 Å². The van der Waals surface area contributed by atoms with Gasteiger partial charge in [0.2, 0.25) is 10.0 Å². The van der Waals surface area contributed by atoms with E-state index in [0.717, 1.165) is 11.1 Å². The number of hydrogen-bond donors (Lipinski definition) is 1. The molecular formula is C16H19NO3S. The second-order valence-electron chi connectivity index (χ2n) is 4.75. The molecule has 0 aliphatic carbocycles. The lowest BCUT2D eigenvalue weighted by Gasteiger charge is -2.11. The van der Waals surface area contributed by atoms with Gasteiger partial charge in [-0.3, -0.25) is 4.72 Å². The Morgan fingerprint density at radius 1 is 1.10 bits per heavy atom. The van der Waals surface area contributed by atoms with Gasteiger partial charge in [0.1, 0.15) is 5.75 Å². The number of hydrogen-bond acceptors (Lipinski definition) is 3. The van der Waals surface area contributed by atoms with Crippen LogP contribution in [0.5, 0.6) is 5.75 Å². The van der Waals surface area contributed by atoms with Crippen LogP contribution in [-0.2, 0) is 15.8 Å². The Kier molecular flexibility index (Phi) is 4.85. The minimum Gasteiger partial charge on any atom is -0.494 e. The quantitative estimate of drug-likeness (QED) is 0.890. The SMILES string of the molecule is CCOc1cccc(NS(=O)(=O)Cc2ccccc2C)c1. The lowest BCUT2D eigenvalue weighted by atomic mass is 10.1. The van der Waals surface area contributed by atoms with Crippen molar-refractivity contribution in [3.8, 4) is 5.75 Å². The zero-order valence-corrected chi connectivity index (χ0v) is 13.0. The third-order valence-electron chi connectivity index (χ3n) is 3.03. The van der Waals surface area contributed by atoms with Gasteiger partial charge in [0, 0.05) is 6.07 Å². The Bertz CT molecular complexity index is 711. The van der Waals surface area contributed by atoms with E-state index in [-0.39, 0.29) is 5.75 Å². The molecule has 0 atom stereocenters. The molecule has 0 saturated heterocycles. The summed E-state index contributed by atoms with van der Waals surface area (Å²) >= 11 is 0. The standard InChI is InChI=1S/C16H19NO3S/c1-3-20-16-10-6-9-15(11-16)17-21(18,19)12-14-8-5-4-7-13(14)2/h4-11,17H,3,12H2,1-2H3. The van der Waals surface area contributed by atoms with Gasteiger partial charge in [-0.1, -0.05) is 30.3 Å². The number of sulfonamides is 1. The van der Waals surface area contributed by atoms with Gasteiger partial charge in [0.25, 0.3) is 0 Å². The van der Waals surface area contributed by atoms with Crippen LogP contribution in [0, 0.1) is 6.92 Å². The first-order chi connectivity index (χ1) is 10.00. The molecule has 1 N–H and O–H groups in total. The van der Waals surface area contributed by atoms with Crippen molar-refractivity contribution in [3.63, 3.8) is 0 Å². The van der Waals surface area contributed by atoms with Gasteiger partial charge in [-0.2, -0.15) is 0 Å². The molecule has 0 aliphatic rings. The van der Waals surface area contributed by atoms with Gasteiger partial charge < -0.3 is 4.74 Å². The van der Waals surface area contributed by atoms with Crippen molar-refractivity contribution in [2.24, 2.45) is 0 Å². The van der Waals surface area contributed by atoms with E-state index < -0.39 is 10.0 Å². The number of anilines is 1. The molecule has 2 rings (SSSR count). The fourth-order valence-corrected chi connectivity index (χ4v) is 3.30. The second kappa shape index (κ2) is 6.63. The Morgan fingerprint density at radius 3 is 2.57 bits per heavy atom. The molecule has 0 spiro atoms. The van der Waals surface area contributed by atoms with Gasteiger partial charge in [0.05, 0.1) is 18.0 Å². The van der Waals surface area contributed by atoms with Crippen LogP contribution in [0.4, 0.5) is 5.69 Å². The molecule has 0 aromatic heterocycles. The first kappa shape index (κ1) is 15.4. The number of aryl methyl sites for hydroxylation is 1. The average molecular weight is 305 g/mol. The van der Waals surface area contributed by atoms with Crippen LogP contribution in [0.15, 0.2) is 48.5 Å². The first-order valence-corrected chi connectivity index (χ1v) is 8.43. The Labute approximate surface area is 125 Å². The fraction of sp³-hybridized carbons (Fsp3) is 0.250. The van der Waals surface area contributed by atoms with E-state index in [1.807, 2.05) is 38.1 Å². The molecular weight excluding hydrogens is 286 g/mol. The van der Waals surface area contributed by atoms with Crippen molar-refractivity contribution in [1.82, 2.24) is 0 Å². The van der Waals surface area contributed by atoms with E-state index in [9.17, 15) is 8.42 Å². The summed E-state index contributed by atoms with van der Waals surface area (Å²) in [4.78, 5) is 0. The summed E-state index contributed by atoms with van der Waals surface area (Å²) in [6.45, 7) is 4.33. The van der Waals surface area contributed by atoms with E-state index in [1.165, 1.54) is 0 Å². The lowest BCUT2D eigenvalue weighted by Crippen LogP contribution is -2.15. The van der Waals surface area contributed by atoms with E-state index in [2.05, 4.69) is 4.72 Å². The van der Waals surface area contributed by atoms with Crippen molar-refractivity contribution in [3.05, 3.63) is 59.7 Å². The first-order valence-electron chi connectivity index (χ1n) is 6.78. The Hall–Kier alpha value is -2.01. The summed E-state index contributed by atoms with van der Waals surface area (Å²) in [6, 6.07) is 14.4. The van der Waals surface area contributed by atoms with Crippen LogP contribution in [0.1, 0.15) is 18.1 Å². The average Bonchev–Trinajstić information content (AvgIpc) is 2.41. The van der Waals surface area contributed by atoms with E-state index in [1.54, 1.807) is 24.3 Å². The van der Waals surface area contributed by atoms with Crippen LogP contribution >= 0.6 is 0 Å². The van der Waals surface area contributed by atoms with Crippen molar-refractivity contribution < 1.29 is 13.2 Å². The minimum atomic E-state index is -3.45. The van der Waals surface area contributed by atoms with Crippen molar-refractivity contribution >= 4 is 15.7 Å². The van der Waals surface area contributed by atoms with Crippen molar-refractivity contribution in [2.75, 3.05) is 11.3 Å². The summed E-state index contributed by atoms with van der Waals surface area (Å²) in [7, 11) is -3.45. The van der Waals surface area contributed by atoms with Crippen molar-refractivity contribution in [2.45, 2.75) is 19.6 Å². The largest absolute Gasteiger partial charge is 0.494 e. The molecule has 0 saturated carbocycles. The zero-order valence-electron chi connectivity index (χ0n) is 12.2. The highest BCUT2D eigenvalue weighted by atomic mass is 32.2. The summed E-state index contributed by atoms with van der Waals surface area (Å²) in [5.74, 6) is 0.604. The monoisotopic (exact) mass is 305 g/mol. The highest BCUT2D eigenvalue weighted by Gasteiger charge is 2.13. The number of ether oxygens (including phenoxy) is 1. The maximum atomic E-state index is 12.2. The maximum Gasteiger partial charge on any atom is 0.236 e. The van der Waals surface area contributed by atoms with Crippen LogP contribution in [0.25, 0.3) is 0 Å². The molecule has 0 bridgehead atoms. The molecule has 0 fully saturated rings. The predicted octanol–water partition coefficient (Wildman–Crippen LogP) is 3.34. The smallest absolute Gasteiger partial charge is 0.236 e. The van der Waals surface area contributed by atoms with Crippen LogP contribution in [0.3, 0.4) is 0 Å². The molecule has 0 heterocycles. The molecule has 5 heteroatoms. The summed E-state index contributed by atoms with van der Waals surface area (Å²) < 4.78 is 32.4. The highest BCUT2D eigenvalue weighted by molar-refractivity contribution is 7.91. The zero-order chi connectivity index (χ0) is 15.3. The van der Waals surface area contributed by atoms with E-state index >= 15 is 0 Å². The number of benzene rings is 2. The van der Waals surface area contributed by atoms with Gasteiger partial charge in [0.15, 0.2) is 0 Å². The van der Waals surface area contributed by atoms with Crippen LogP contribution in [-0.4, -0.2) is 15.0 Å². The maximum absolute atomic E-state index is 12.2. The molecule has 2 aromatic rings. The molecule has 0 amide bonds. The molecule has 0 unspecified atom stereocenters. The predicted molar refractivity (Wildman–Crippen MR) is 85.0 cm³/mol. The molecule has 0 radical (unpaired) electrons. The lowest BCUT2D eigenvalue weighted by molar-refractivity contribution is 0.340. The van der Waals surface area contributed by atoms with Gasteiger partial charge in [-0.05, 0) is 37.1 Å². The molecule has 4 nitrogen and oxygen atoms in total. The summed E-state index contributed by atoms with van der Waals surface area (Å²) in [5, 5.41) is 0. The highest BCUT2D eigenvalue weighted by Crippen LogP contribution is 2.20. The van der Waals surface area contributed by atoms with Crippen molar-refractivity contribution in [1.29, 1.82) is 0 Å².